The van der Waals surface area contributed by atoms with Gasteiger partial charge in [-0.15, -0.1) is 0 Å². The van der Waals surface area contributed by atoms with Crippen molar-refractivity contribution in [2.75, 3.05) is 5.32 Å². The number of rotatable bonds is 9. The molecule has 3 aromatic rings. The third-order valence-corrected chi connectivity index (χ3v) is 5.07. The molecule has 3 rings (SSSR count). The number of nitrogens with zero attached hydrogens (tertiary/aromatic N) is 1. The molecule has 0 aliphatic rings. The number of amides is 2. The van der Waals surface area contributed by atoms with Gasteiger partial charge in [0, 0.05) is 33.6 Å². The fourth-order valence-electron chi connectivity index (χ4n) is 2.71. The first-order chi connectivity index (χ1) is 15.5. The molecule has 0 unspecified atom stereocenters. The first kappa shape index (κ1) is 23.5. The second kappa shape index (κ2) is 12.0. The van der Waals surface area contributed by atoms with Crippen molar-refractivity contribution < 1.29 is 14.3 Å². The van der Waals surface area contributed by atoms with Gasteiger partial charge >= 0.3 is 0 Å². The van der Waals surface area contributed by atoms with Gasteiger partial charge < -0.3 is 10.1 Å². The first-order valence-corrected chi connectivity index (χ1v) is 11.0. The van der Waals surface area contributed by atoms with Crippen LogP contribution in [-0.2, 0) is 16.2 Å². The predicted octanol–water partition coefficient (Wildman–Crippen LogP) is 5.55. The third kappa shape index (κ3) is 7.83. The monoisotopic (exact) mass is 513 g/mol. The molecule has 0 heterocycles. The van der Waals surface area contributed by atoms with Gasteiger partial charge in [0.05, 0.1) is 6.21 Å². The zero-order valence-corrected chi connectivity index (χ0v) is 19.4. The molecule has 0 saturated carbocycles. The molecule has 0 saturated heterocycles. The molecule has 32 heavy (non-hydrogen) atoms. The molecular weight excluding hydrogens is 494 g/mol. The number of hydrogen-bond acceptors (Lipinski definition) is 4. The Labute approximate surface area is 199 Å². The number of halogens is 2. The van der Waals surface area contributed by atoms with Crippen LogP contribution in [-0.4, -0.2) is 18.0 Å². The van der Waals surface area contributed by atoms with E-state index in [1.54, 1.807) is 24.3 Å². The summed E-state index contributed by atoms with van der Waals surface area (Å²) in [6.45, 7) is 0.409. The maximum Gasteiger partial charge on any atom is 0.240 e. The molecule has 164 valence electrons. The van der Waals surface area contributed by atoms with Crippen molar-refractivity contribution >= 4 is 51.2 Å². The Morgan fingerprint density at radius 3 is 2.50 bits per heavy atom. The lowest BCUT2D eigenvalue weighted by Gasteiger charge is -2.09. The summed E-state index contributed by atoms with van der Waals surface area (Å²) in [4.78, 5) is 24.0. The lowest BCUT2D eigenvalue weighted by molar-refractivity contribution is -0.124. The summed E-state index contributed by atoms with van der Waals surface area (Å²) >= 11 is 9.30. The SMILES string of the molecule is O=C(CCC(=O)Nc1cccc(Cl)c1)NN=Cc1ccccc1OCc1ccc(Br)cc1. The fourth-order valence-corrected chi connectivity index (χ4v) is 3.16. The Balaban J connectivity index is 1.46. The van der Waals surface area contributed by atoms with Crippen LogP contribution in [0.25, 0.3) is 0 Å². The second-order valence-electron chi connectivity index (χ2n) is 6.80. The zero-order chi connectivity index (χ0) is 22.8. The van der Waals surface area contributed by atoms with Crippen LogP contribution in [0.3, 0.4) is 0 Å². The number of hydrogen-bond donors (Lipinski definition) is 2. The average Bonchev–Trinajstić information content (AvgIpc) is 2.78. The molecular formula is C24H21BrClN3O3. The minimum Gasteiger partial charge on any atom is -0.488 e. The van der Waals surface area contributed by atoms with E-state index in [4.69, 9.17) is 16.3 Å². The van der Waals surface area contributed by atoms with Crippen LogP contribution in [0, 0.1) is 0 Å². The van der Waals surface area contributed by atoms with Crippen LogP contribution in [0.5, 0.6) is 5.75 Å². The molecule has 6 nitrogen and oxygen atoms in total. The van der Waals surface area contributed by atoms with E-state index in [9.17, 15) is 9.59 Å². The van der Waals surface area contributed by atoms with Crippen molar-refractivity contribution in [3.63, 3.8) is 0 Å². The highest BCUT2D eigenvalue weighted by Crippen LogP contribution is 2.19. The van der Waals surface area contributed by atoms with Gasteiger partial charge in [0.1, 0.15) is 12.4 Å². The quantitative estimate of drug-likeness (QED) is 0.290. The number of benzene rings is 3. The predicted molar refractivity (Wildman–Crippen MR) is 130 cm³/mol. The highest BCUT2D eigenvalue weighted by atomic mass is 79.9. The molecule has 2 amide bonds. The molecule has 0 aliphatic carbocycles. The van der Waals surface area contributed by atoms with E-state index in [2.05, 4.69) is 31.8 Å². The molecule has 0 radical (unpaired) electrons. The van der Waals surface area contributed by atoms with Gasteiger partial charge in [-0.25, -0.2) is 5.43 Å². The molecule has 3 aromatic carbocycles. The zero-order valence-electron chi connectivity index (χ0n) is 17.1. The number of hydrazone groups is 1. The molecule has 2 N–H and O–H groups in total. The Morgan fingerprint density at radius 1 is 0.969 bits per heavy atom. The highest BCUT2D eigenvalue weighted by molar-refractivity contribution is 9.10. The van der Waals surface area contributed by atoms with Gasteiger partial charge in [-0.05, 0) is 48.0 Å². The largest absolute Gasteiger partial charge is 0.488 e. The smallest absolute Gasteiger partial charge is 0.240 e. The van der Waals surface area contributed by atoms with Gasteiger partial charge in [-0.3, -0.25) is 9.59 Å². The van der Waals surface area contributed by atoms with E-state index in [0.29, 0.717) is 23.1 Å². The summed E-state index contributed by atoms with van der Waals surface area (Å²) < 4.78 is 6.89. The van der Waals surface area contributed by atoms with Crippen LogP contribution < -0.4 is 15.5 Å². The molecule has 8 heteroatoms. The van der Waals surface area contributed by atoms with E-state index in [1.165, 1.54) is 6.21 Å². The number of anilines is 1. The Hall–Kier alpha value is -3.16. The van der Waals surface area contributed by atoms with E-state index in [1.807, 2.05) is 48.5 Å². The van der Waals surface area contributed by atoms with E-state index >= 15 is 0 Å². The van der Waals surface area contributed by atoms with E-state index in [-0.39, 0.29) is 24.7 Å². The molecule has 0 atom stereocenters. The van der Waals surface area contributed by atoms with Crippen molar-refractivity contribution in [3.8, 4) is 5.75 Å². The standard InChI is InChI=1S/C24H21BrClN3O3/c25-19-10-8-17(9-11-19)16-32-22-7-2-1-4-18(22)15-27-29-24(31)13-12-23(30)28-21-6-3-5-20(26)14-21/h1-11,14-15H,12-13,16H2,(H,28,30)(H,29,31). The van der Waals surface area contributed by atoms with E-state index < -0.39 is 0 Å². The molecule has 0 spiro atoms. The van der Waals surface area contributed by atoms with Gasteiger partial charge in [0.15, 0.2) is 0 Å². The summed E-state index contributed by atoms with van der Waals surface area (Å²) in [5.41, 5.74) is 4.78. The van der Waals surface area contributed by atoms with Crippen molar-refractivity contribution in [1.29, 1.82) is 0 Å². The number of carbonyl (C=O) groups excluding carboxylic acids is 2. The highest BCUT2D eigenvalue weighted by Gasteiger charge is 2.07. The summed E-state index contributed by atoms with van der Waals surface area (Å²) in [5, 5.41) is 7.20. The normalized spacial score (nSPS) is 10.7. The van der Waals surface area contributed by atoms with Crippen LogP contribution in [0.1, 0.15) is 24.0 Å². The van der Waals surface area contributed by atoms with Gasteiger partial charge in [0.25, 0.3) is 0 Å². The maximum absolute atomic E-state index is 12.0. The number of para-hydroxylation sites is 1. The third-order valence-electron chi connectivity index (χ3n) is 4.31. The van der Waals surface area contributed by atoms with Crippen LogP contribution in [0.4, 0.5) is 5.69 Å². The van der Waals surface area contributed by atoms with Crippen LogP contribution in [0.15, 0.2) is 82.4 Å². The number of ether oxygens (including phenoxy) is 1. The van der Waals surface area contributed by atoms with Gasteiger partial charge in [0.2, 0.25) is 11.8 Å². The summed E-state index contributed by atoms with van der Waals surface area (Å²) in [7, 11) is 0. The van der Waals surface area contributed by atoms with Crippen molar-refractivity contribution in [2.45, 2.75) is 19.4 Å². The topological polar surface area (TPSA) is 79.8 Å². The number of carbonyl (C=O) groups is 2. The Bertz CT molecular complexity index is 1100. The lowest BCUT2D eigenvalue weighted by Crippen LogP contribution is -2.20. The summed E-state index contributed by atoms with van der Waals surface area (Å²) in [5.74, 6) is 0.00292. The van der Waals surface area contributed by atoms with Crippen molar-refractivity contribution in [1.82, 2.24) is 5.43 Å². The number of nitrogens with one attached hydrogen (secondary N) is 2. The second-order valence-corrected chi connectivity index (χ2v) is 8.16. The minimum absolute atomic E-state index is 0.00541. The summed E-state index contributed by atoms with van der Waals surface area (Å²) in [6.07, 6.45) is 1.55. The molecule has 0 aromatic heterocycles. The fraction of sp³-hybridized carbons (Fsp3) is 0.125. The van der Waals surface area contributed by atoms with E-state index in [0.717, 1.165) is 15.6 Å². The van der Waals surface area contributed by atoms with Crippen LogP contribution >= 0.6 is 27.5 Å². The summed E-state index contributed by atoms with van der Waals surface area (Å²) in [6, 6.07) is 22.1. The molecule has 0 aliphatic heterocycles. The Kier molecular flexibility index (Phi) is 8.83. The maximum atomic E-state index is 12.0. The van der Waals surface area contributed by atoms with Crippen molar-refractivity contribution in [3.05, 3.63) is 93.4 Å². The van der Waals surface area contributed by atoms with Gasteiger partial charge in [-0.1, -0.05) is 57.9 Å². The molecule has 0 fully saturated rings. The minimum atomic E-state index is -0.365. The van der Waals surface area contributed by atoms with Crippen molar-refractivity contribution in [2.24, 2.45) is 5.10 Å². The molecule has 0 bridgehead atoms. The Morgan fingerprint density at radius 2 is 1.72 bits per heavy atom. The average molecular weight is 515 g/mol. The first-order valence-electron chi connectivity index (χ1n) is 9.83. The van der Waals surface area contributed by atoms with Crippen LogP contribution in [0.2, 0.25) is 5.02 Å². The van der Waals surface area contributed by atoms with Gasteiger partial charge in [-0.2, -0.15) is 5.10 Å². The lowest BCUT2D eigenvalue weighted by atomic mass is 10.2.